The van der Waals surface area contributed by atoms with E-state index in [4.69, 9.17) is 25.8 Å². The Kier molecular flexibility index (Phi) is 9.28. The fraction of sp³-hybridized carbons (Fsp3) is 0.161. The van der Waals surface area contributed by atoms with Gasteiger partial charge in [0.1, 0.15) is 41.7 Å². The predicted molar refractivity (Wildman–Crippen MR) is 156 cm³/mol. The standard InChI is InChI=1S/C31H23ClF3N5O4/c32-25-16-22(9-10-27(25)44-24-8-4-7-21(15-24)31(33,34)35)39-29-28-26(37-19-38-29)17-23(18-36)40(28)11-12-42-13-14-43-30(41)20-5-2-1-3-6-20/h1-10,15-17,19H,11-14H2,(H,37,38,39). The lowest BCUT2D eigenvalue weighted by Crippen LogP contribution is -2.14. The van der Waals surface area contributed by atoms with Gasteiger partial charge < -0.3 is 24.1 Å². The minimum absolute atomic E-state index is 0.0154. The van der Waals surface area contributed by atoms with Crippen LogP contribution < -0.4 is 10.1 Å². The number of carbonyl (C=O) groups excluding carboxylic acids is 1. The number of carbonyl (C=O) groups is 1. The van der Waals surface area contributed by atoms with Crippen molar-refractivity contribution < 1.29 is 32.2 Å². The van der Waals surface area contributed by atoms with Crippen molar-refractivity contribution in [1.82, 2.24) is 14.5 Å². The number of nitriles is 1. The van der Waals surface area contributed by atoms with Gasteiger partial charge in [-0.1, -0.05) is 35.9 Å². The van der Waals surface area contributed by atoms with E-state index in [1.165, 1.54) is 30.6 Å². The Morgan fingerprint density at radius 1 is 0.977 bits per heavy atom. The molecule has 0 aliphatic rings. The molecule has 0 unspecified atom stereocenters. The molecular formula is C31H23ClF3N5O4. The highest BCUT2D eigenvalue weighted by Gasteiger charge is 2.30. The maximum atomic E-state index is 13.1. The number of hydrogen-bond donors (Lipinski definition) is 1. The molecule has 0 spiro atoms. The van der Waals surface area contributed by atoms with Crippen LogP contribution in [-0.2, 0) is 22.2 Å². The molecule has 224 valence electrons. The molecule has 5 aromatic rings. The second-order valence-corrected chi connectivity index (χ2v) is 9.67. The van der Waals surface area contributed by atoms with Crippen molar-refractivity contribution in [2.45, 2.75) is 12.7 Å². The van der Waals surface area contributed by atoms with Gasteiger partial charge >= 0.3 is 12.1 Å². The molecule has 13 heteroatoms. The zero-order valence-electron chi connectivity index (χ0n) is 22.8. The van der Waals surface area contributed by atoms with Gasteiger partial charge in [0.25, 0.3) is 0 Å². The Hall–Kier alpha value is -5.12. The van der Waals surface area contributed by atoms with E-state index in [2.05, 4.69) is 21.4 Å². The maximum absolute atomic E-state index is 13.1. The fourth-order valence-electron chi connectivity index (χ4n) is 4.28. The molecule has 44 heavy (non-hydrogen) atoms. The first-order valence-corrected chi connectivity index (χ1v) is 13.6. The highest BCUT2D eigenvalue weighted by Crippen LogP contribution is 2.36. The number of anilines is 2. The number of esters is 1. The van der Waals surface area contributed by atoms with E-state index in [-0.39, 0.29) is 42.9 Å². The molecule has 0 aliphatic carbocycles. The van der Waals surface area contributed by atoms with Crippen LogP contribution in [0.3, 0.4) is 0 Å². The van der Waals surface area contributed by atoms with Gasteiger partial charge in [-0.25, -0.2) is 14.8 Å². The first kappa shape index (κ1) is 30.3. The van der Waals surface area contributed by atoms with E-state index in [0.29, 0.717) is 33.8 Å². The summed E-state index contributed by atoms with van der Waals surface area (Å²) in [7, 11) is 0. The fourth-order valence-corrected chi connectivity index (χ4v) is 4.50. The highest BCUT2D eigenvalue weighted by molar-refractivity contribution is 6.32. The number of ether oxygens (including phenoxy) is 3. The molecule has 0 saturated carbocycles. The number of aromatic nitrogens is 3. The van der Waals surface area contributed by atoms with Crippen molar-refractivity contribution >= 4 is 40.1 Å². The van der Waals surface area contributed by atoms with Crippen LogP contribution in [0, 0.1) is 11.3 Å². The minimum Gasteiger partial charge on any atom is -0.460 e. The van der Waals surface area contributed by atoms with E-state index in [1.54, 1.807) is 47.0 Å². The summed E-state index contributed by atoms with van der Waals surface area (Å²) in [5.74, 6) is 0.0842. The minimum atomic E-state index is -4.51. The van der Waals surface area contributed by atoms with Gasteiger partial charge in [-0.3, -0.25) is 0 Å². The van der Waals surface area contributed by atoms with Crippen molar-refractivity contribution in [3.8, 4) is 17.6 Å². The first-order valence-electron chi connectivity index (χ1n) is 13.2. The number of rotatable bonds is 11. The number of hydrogen-bond acceptors (Lipinski definition) is 8. The van der Waals surface area contributed by atoms with Crippen molar-refractivity contribution in [2.24, 2.45) is 0 Å². The molecule has 9 nitrogen and oxygen atoms in total. The van der Waals surface area contributed by atoms with Crippen molar-refractivity contribution in [2.75, 3.05) is 25.1 Å². The lowest BCUT2D eigenvalue weighted by Gasteiger charge is -2.14. The summed E-state index contributed by atoms with van der Waals surface area (Å²) in [5, 5.41) is 13.0. The van der Waals surface area contributed by atoms with E-state index in [0.717, 1.165) is 12.1 Å². The SMILES string of the molecule is N#Cc1cc2ncnc(Nc3ccc(Oc4cccc(C(F)(F)F)c4)c(Cl)c3)c2n1CCOCCOC(=O)c1ccccc1. The Morgan fingerprint density at radius 2 is 1.80 bits per heavy atom. The second kappa shape index (κ2) is 13.5. The van der Waals surface area contributed by atoms with Gasteiger partial charge in [0.05, 0.1) is 34.9 Å². The summed E-state index contributed by atoms with van der Waals surface area (Å²) < 4.78 is 57.4. The van der Waals surface area contributed by atoms with Gasteiger partial charge in [0.2, 0.25) is 0 Å². The van der Waals surface area contributed by atoms with E-state index >= 15 is 0 Å². The molecule has 0 fully saturated rings. The molecule has 2 aromatic heterocycles. The third kappa shape index (κ3) is 7.26. The lowest BCUT2D eigenvalue weighted by molar-refractivity contribution is -0.137. The van der Waals surface area contributed by atoms with Gasteiger partial charge in [0, 0.05) is 18.3 Å². The Bertz CT molecular complexity index is 1820. The van der Waals surface area contributed by atoms with Crippen molar-refractivity contribution in [3.05, 3.63) is 107 Å². The third-order valence-electron chi connectivity index (χ3n) is 6.31. The summed E-state index contributed by atoms with van der Waals surface area (Å²) in [5.41, 5.74) is 1.52. The first-order chi connectivity index (χ1) is 21.2. The number of benzene rings is 3. The van der Waals surface area contributed by atoms with E-state index in [9.17, 15) is 23.2 Å². The molecule has 2 heterocycles. The van der Waals surface area contributed by atoms with Gasteiger partial charge in [0.15, 0.2) is 5.82 Å². The molecular weight excluding hydrogens is 599 g/mol. The van der Waals surface area contributed by atoms with Crippen LogP contribution in [0.4, 0.5) is 24.7 Å². The molecule has 3 aromatic carbocycles. The number of nitrogens with zero attached hydrogens (tertiary/aromatic N) is 4. The van der Waals surface area contributed by atoms with E-state index in [1.807, 2.05) is 0 Å². The Labute approximate surface area is 254 Å². The molecule has 0 saturated heterocycles. The smallest absolute Gasteiger partial charge is 0.416 e. The molecule has 0 bridgehead atoms. The Balaban J connectivity index is 1.25. The van der Waals surface area contributed by atoms with Crippen molar-refractivity contribution in [3.63, 3.8) is 0 Å². The average Bonchev–Trinajstić information content (AvgIpc) is 3.39. The molecule has 0 amide bonds. The van der Waals surface area contributed by atoms with Gasteiger partial charge in [-0.15, -0.1) is 0 Å². The topological polar surface area (TPSA) is 111 Å². The van der Waals surface area contributed by atoms with Crippen LogP contribution in [0.5, 0.6) is 11.5 Å². The second-order valence-electron chi connectivity index (χ2n) is 9.26. The maximum Gasteiger partial charge on any atom is 0.416 e. The monoisotopic (exact) mass is 621 g/mol. The molecule has 0 radical (unpaired) electrons. The van der Waals surface area contributed by atoms with Crippen LogP contribution in [0.1, 0.15) is 21.6 Å². The quantitative estimate of drug-likeness (QED) is 0.120. The van der Waals surface area contributed by atoms with Crippen molar-refractivity contribution in [1.29, 1.82) is 5.26 Å². The number of alkyl halides is 3. The average molecular weight is 622 g/mol. The van der Waals surface area contributed by atoms with Crippen LogP contribution in [0.25, 0.3) is 11.0 Å². The molecule has 1 N–H and O–H groups in total. The number of halogens is 4. The lowest BCUT2D eigenvalue weighted by atomic mass is 10.2. The van der Waals surface area contributed by atoms with E-state index < -0.39 is 17.7 Å². The molecule has 0 aliphatic heterocycles. The van der Waals surface area contributed by atoms with Crippen LogP contribution >= 0.6 is 11.6 Å². The van der Waals surface area contributed by atoms with Crippen LogP contribution in [-0.4, -0.2) is 40.3 Å². The summed E-state index contributed by atoms with van der Waals surface area (Å²) in [6.45, 7) is 0.721. The largest absolute Gasteiger partial charge is 0.460 e. The molecule has 0 atom stereocenters. The summed E-state index contributed by atoms with van der Waals surface area (Å²) in [6, 6.07) is 21.6. The van der Waals surface area contributed by atoms with Gasteiger partial charge in [-0.05, 0) is 48.5 Å². The zero-order chi connectivity index (χ0) is 31.1. The summed E-state index contributed by atoms with van der Waals surface area (Å²) in [6.07, 6.45) is -3.16. The predicted octanol–water partition coefficient (Wildman–Crippen LogP) is 7.38. The highest BCUT2D eigenvalue weighted by atomic mass is 35.5. The van der Waals surface area contributed by atoms with Gasteiger partial charge in [-0.2, -0.15) is 18.4 Å². The molecule has 5 rings (SSSR count). The van der Waals surface area contributed by atoms with Crippen LogP contribution in [0.15, 0.2) is 85.2 Å². The zero-order valence-corrected chi connectivity index (χ0v) is 23.6. The van der Waals surface area contributed by atoms with Crippen LogP contribution in [0.2, 0.25) is 5.02 Å². The number of fused-ring (bicyclic) bond motifs is 1. The Morgan fingerprint density at radius 3 is 2.55 bits per heavy atom. The third-order valence-corrected chi connectivity index (χ3v) is 6.61. The summed E-state index contributed by atoms with van der Waals surface area (Å²) >= 11 is 6.40. The number of nitrogens with one attached hydrogen (secondary N) is 1. The normalized spacial score (nSPS) is 11.2. The summed E-state index contributed by atoms with van der Waals surface area (Å²) in [4.78, 5) is 20.7.